The van der Waals surface area contributed by atoms with E-state index in [1.54, 1.807) is 0 Å². The smallest absolute Gasteiger partial charge is 0.230 e. The lowest BCUT2D eigenvalue weighted by atomic mass is 9.82. The third-order valence-corrected chi connectivity index (χ3v) is 3.81. The minimum absolute atomic E-state index is 0.00740. The lowest BCUT2D eigenvalue weighted by molar-refractivity contribution is -0.123. The van der Waals surface area contributed by atoms with Gasteiger partial charge in [0.15, 0.2) is 5.84 Å². The highest BCUT2D eigenvalue weighted by atomic mass is 16.4. The molecule has 4 N–H and O–H groups in total. The van der Waals surface area contributed by atoms with Gasteiger partial charge in [0.1, 0.15) is 0 Å². The Morgan fingerprint density at radius 1 is 1.56 bits per heavy atom. The summed E-state index contributed by atoms with van der Waals surface area (Å²) in [6, 6.07) is 0. The Morgan fingerprint density at radius 2 is 2.28 bits per heavy atom. The molecule has 0 aromatic heterocycles. The highest BCUT2D eigenvalue weighted by Crippen LogP contribution is 2.27. The van der Waals surface area contributed by atoms with E-state index in [9.17, 15) is 4.79 Å². The molecule has 3 unspecified atom stereocenters. The molecule has 5 nitrogen and oxygen atoms in total. The molecule has 1 aliphatic carbocycles. The molecule has 1 fully saturated rings. The highest BCUT2D eigenvalue weighted by molar-refractivity contribution is 6.01. The van der Waals surface area contributed by atoms with Crippen molar-refractivity contribution in [2.24, 2.45) is 28.6 Å². The van der Waals surface area contributed by atoms with Crippen LogP contribution >= 0.6 is 0 Å². The van der Waals surface area contributed by atoms with Crippen LogP contribution in [0.4, 0.5) is 0 Å². The van der Waals surface area contributed by atoms with Gasteiger partial charge in [-0.1, -0.05) is 31.8 Å². The molecule has 18 heavy (non-hydrogen) atoms. The second kappa shape index (κ2) is 7.24. The van der Waals surface area contributed by atoms with Gasteiger partial charge in [-0.15, -0.1) is 0 Å². The fourth-order valence-electron chi connectivity index (χ4n) is 2.71. The number of rotatable bonds is 5. The van der Waals surface area contributed by atoms with E-state index in [2.05, 4.69) is 17.4 Å². The van der Waals surface area contributed by atoms with Crippen molar-refractivity contribution in [3.63, 3.8) is 0 Å². The molecule has 0 spiro atoms. The Bertz CT molecular complexity index is 305. The van der Waals surface area contributed by atoms with Gasteiger partial charge in [-0.25, -0.2) is 0 Å². The molecule has 104 valence electrons. The third kappa shape index (κ3) is 4.20. The minimum Gasteiger partial charge on any atom is -0.409 e. The van der Waals surface area contributed by atoms with Gasteiger partial charge in [0.2, 0.25) is 5.91 Å². The van der Waals surface area contributed by atoms with Gasteiger partial charge in [-0.2, -0.15) is 0 Å². The topological polar surface area (TPSA) is 87.7 Å². The van der Waals surface area contributed by atoms with Gasteiger partial charge in [0.05, 0.1) is 5.92 Å². The Morgan fingerprint density at radius 3 is 2.83 bits per heavy atom. The van der Waals surface area contributed by atoms with Crippen LogP contribution in [0.2, 0.25) is 0 Å². The largest absolute Gasteiger partial charge is 0.409 e. The molecule has 1 rings (SSSR count). The van der Waals surface area contributed by atoms with Crippen molar-refractivity contribution >= 4 is 11.7 Å². The van der Waals surface area contributed by atoms with Gasteiger partial charge in [0, 0.05) is 6.54 Å². The molecule has 0 radical (unpaired) electrons. The third-order valence-electron chi connectivity index (χ3n) is 3.81. The zero-order valence-corrected chi connectivity index (χ0v) is 11.4. The Hall–Kier alpha value is -1.26. The summed E-state index contributed by atoms with van der Waals surface area (Å²) in [7, 11) is 0. The molecule has 1 amide bonds. The van der Waals surface area contributed by atoms with E-state index in [0.717, 1.165) is 5.92 Å². The second-order valence-electron chi connectivity index (χ2n) is 5.37. The number of carbonyl (C=O) groups is 1. The number of hydrogen-bond acceptors (Lipinski definition) is 3. The predicted octanol–water partition coefficient (Wildman–Crippen LogP) is 1.70. The van der Waals surface area contributed by atoms with Crippen LogP contribution in [0, 0.1) is 17.8 Å². The van der Waals surface area contributed by atoms with Gasteiger partial charge >= 0.3 is 0 Å². The number of hydrogen-bond donors (Lipinski definition) is 3. The molecule has 5 heteroatoms. The summed E-state index contributed by atoms with van der Waals surface area (Å²) in [5, 5.41) is 14.5. The van der Waals surface area contributed by atoms with Crippen LogP contribution in [0.3, 0.4) is 0 Å². The van der Waals surface area contributed by atoms with E-state index < -0.39 is 5.92 Å². The molecule has 1 saturated carbocycles. The second-order valence-corrected chi connectivity index (χ2v) is 5.37. The molecule has 0 saturated heterocycles. The molecule has 0 aromatic carbocycles. The summed E-state index contributed by atoms with van der Waals surface area (Å²) in [6.07, 6.45) is 5.46. The van der Waals surface area contributed by atoms with Crippen LogP contribution in [0.5, 0.6) is 0 Å². The molecule has 1 aliphatic rings. The first-order valence-electron chi connectivity index (χ1n) is 6.83. The average molecular weight is 255 g/mol. The molecular weight excluding hydrogens is 230 g/mol. The average Bonchev–Trinajstić information content (AvgIpc) is 2.37. The summed E-state index contributed by atoms with van der Waals surface area (Å²) in [5.41, 5.74) is 5.50. The normalized spacial score (nSPS) is 26.7. The maximum Gasteiger partial charge on any atom is 0.230 e. The molecular formula is C13H25N3O2. The van der Waals surface area contributed by atoms with Crippen LogP contribution in [0.15, 0.2) is 5.16 Å². The predicted molar refractivity (Wildman–Crippen MR) is 71.3 cm³/mol. The maximum absolute atomic E-state index is 11.9. The van der Waals surface area contributed by atoms with Crippen molar-refractivity contribution in [3.05, 3.63) is 0 Å². The Labute approximate surface area is 109 Å². The zero-order chi connectivity index (χ0) is 13.5. The van der Waals surface area contributed by atoms with Crippen molar-refractivity contribution in [1.29, 1.82) is 0 Å². The summed E-state index contributed by atoms with van der Waals surface area (Å²) in [4.78, 5) is 11.9. The van der Waals surface area contributed by atoms with Crippen molar-refractivity contribution < 1.29 is 10.0 Å². The van der Waals surface area contributed by atoms with E-state index in [0.29, 0.717) is 18.9 Å². The number of nitrogens with zero attached hydrogens (tertiary/aromatic N) is 1. The molecule has 0 aliphatic heterocycles. The molecule has 0 aromatic rings. The number of nitrogens with one attached hydrogen (secondary N) is 1. The van der Waals surface area contributed by atoms with Gasteiger partial charge in [-0.3, -0.25) is 4.79 Å². The number of oxime groups is 1. The van der Waals surface area contributed by atoms with E-state index in [-0.39, 0.29) is 11.7 Å². The van der Waals surface area contributed by atoms with Gasteiger partial charge < -0.3 is 16.3 Å². The summed E-state index contributed by atoms with van der Waals surface area (Å²) < 4.78 is 0. The van der Waals surface area contributed by atoms with Crippen molar-refractivity contribution in [3.8, 4) is 0 Å². The van der Waals surface area contributed by atoms with Gasteiger partial charge in [-0.05, 0) is 31.1 Å². The number of amidine groups is 1. The number of nitrogens with two attached hydrogens (primary N) is 1. The van der Waals surface area contributed by atoms with Crippen LogP contribution in [0.25, 0.3) is 0 Å². The van der Waals surface area contributed by atoms with E-state index in [4.69, 9.17) is 10.9 Å². The Kier molecular flexibility index (Phi) is 5.95. The lowest BCUT2D eigenvalue weighted by Gasteiger charge is -2.27. The monoisotopic (exact) mass is 255 g/mol. The van der Waals surface area contributed by atoms with E-state index in [1.807, 2.05) is 6.92 Å². The van der Waals surface area contributed by atoms with E-state index >= 15 is 0 Å². The van der Waals surface area contributed by atoms with Crippen molar-refractivity contribution in [1.82, 2.24) is 5.32 Å². The fraction of sp³-hybridized carbons (Fsp3) is 0.846. The van der Waals surface area contributed by atoms with Crippen LogP contribution < -0.4 is 11.1 Å². The summed E-state index contributed by atoms with van der Waals surface area (Å²) >= 11 is 0. The van der Waals surface area contributed by atoms with Crippen LogP contribution in [0.1, 0.15) is 46.0 Å². The summed E-state index contributed by atoms with van der Waals surface area (Å²) in [5.74, 6) is 0.670. The fourth-order valence-corrected chi connectivity index (χ4v) is 2.71. The number of carbonyl (C=O) groups excluding carboxylic acids is 1. The first-order valence-corrected chi connectivity index (χ1v) is 6.83. The van der Waals surface area contributed by atoms with Crippen molar-refractivity contribution in [2.75, 3.05) is 6.54 Å². The SMILES string of the molecule is CCC(C(=O)NCC1CCCC(C)C1)C(N)=NO. The van der Waals surface area contributed by atoms with Crippen molar-refractivity contribution in [2.45, 2.75) is 46.0 Å². The molecule has 0 heterocycles. The Balaban J connectivity index is 2.39. The van der Waals surface area contributed by atoms with Crippen LogP contribution in [-0.2, 0) is 4.79 Å². The minimum atomic E-state index is -0.518. The van der Waals surface area contributed by atoms with Gasteiger partial charge in [0.25, 0.3) is 0 Å². The molecule has 3 atom stereocenters. The first-order chi connectivity index (χ1) is 8.58. The highest BCUT2D eigenvalue weighted by Gasteiger charge is 2.23. The maximum atomic E-state index is 11.9. The number of amides is 1. The summed E-state index contributed by atoms with van der Waals surface area (Å²) in [6.45, 7) is 4.82. The molecule has 0 bridgehead atoms. The standard InChI is InChI=1S/C13H25N3O2/c1-3-11(12(14)16-18)13(17)15-8-10-6-4-5-9(2)7-10/h9-11,18H,3-8H2,1-2H3,(H2,14,16)(H,15,17). The van der Waals surface area contributed by atoms with E-state index in [1.165, 1.54) is 25.7 Å². The zero-order valence-electron chi connectivity index (χ0n) is 11.4. The lowest BCUT2D eigenvalue weighted by Crippen LogP contribution is -2.41. The quantitative estimate of drug-likeness (QED) is 0.302. The van der Waals surface area contributed by atoms with Crippen LogP contribution in [-0.4, -0.2) is 23.5 Å². The first kappa shape index (κ1) is 14.8.